The smallest absolute Gasteiger partial charge is 0.322 e. The number of aryl methyl sites for hydroxylation is 1. The van der Waals surface area contributed by atoms with Gasteiger partial charge in [0.15, 0.2) is 0 Å². The molecule has 2 fully saturated rings. The molecule has 0 aliphatic carbocycles. The van der Waals surface area contributed by atoms with Gasteiger partial charge in [-0.25, -0.2) is 4.79 Å². The van der Waals surface area contributed by atoms with Gasteiger partial charge in [-0.2, -0.15) is 9.64 Å². The molecule has 2 atom stereocenters. The number of carbonyl (C=O) groups is 1. The van der Waals surface area contributed by atoms with Crippen LogP contribution < -0.4 is 5.32 Å². The Labute approximate surface area is 150 Å². The number of fused-ring (bicyclic) bond motifs is 1. The first-order valence-corrected chi connectivity index (χ1v) is 8.97. The average Bonchev–Trinajstić information content (AvgIpc) is 3.28. The number of aromatic nitrogens is 1. The van der Waals surface area contributed by atoms with E-state index in [1.165, 1.54) is 5.56 Å². The summed E-state index contributed by atoms with van der Waals surface area (Å²) in [6.07, 6.45) is 0. The van der Waals surface area contributed by atoms with Crippen LogP contribution in [0.1, 0.15) is 16.8 Å². The summed E-state index contributed by atoms with van der Waals surface area (Å²) in [5.74, 6) is 0.291. The van der Waals surface area contributed by atoms with E-state index in [2.05, 4.69) is 27.9 Å². The first-order valence-electron chi connectivity index (χ1n) is 8.19. The number of nitriles is 1. The van der Waals surface area contributed by atoms with Crippen LogP contribution in [0.3, 0.4) is 0 Å². The van der Waals surface area contributed by atoms with Crippen LogP contribution in [-0.4, -0.2) is 41.6 Å². The van der Waals surface area contributed by atoms with Crippen molar-refractivity contribution in [1.29, 1.82) is 5.26 Å². The lowest BCUT2D eigenvalue weighted by Crippen LogP contribution is -2.38. The number of anilines is 1. The SMILES string of the molecule is Cc1nsc(NC(=O)N2C[C@@H]3COC[C@]3(c3ccccc3)C2)c1C#N. The third kappa shape index (κ3) is 2.58. The molecular weight excluding hydrogens is 336 g/mol. The van der Waals surface area contributed by atoms with Crippen LogP contribution in [-0.2, 0) is 10.2 Å². The maximum absolute atomic E-state index is 12.7. The van der Waals surface area contributed by atoms with Gasteiger partial charge in [0.05, 0.1) is 18.9 Å². The highest BCUT2D eigenvalue weighted by atomic mass is 32.1. The van der Waals surface area contributed by atoms with Gasteiger partial charge in [-0.1, -0.05) is 30.3 Å². The number of hydrogen-bond donors (Lipinski definition) is 1. The minimum absolute atomic E-state index is 0.139. The molecule has 1 aromatic carbocycles. The van der Waals surface area contributed by atoms with E-state index in [9.17, 15) is 10.1 Å². The summed E-state index contributed by atoms with van der Waals surface area (Å²) < 4.78 is 9.90. The molecule has 1 aromatic heterocycles. The molecule has 2 aliphatic heterocycles. The molecule has 0 spiro atoms. The normalized spacial score (nSPS) is 24.8. The number of hydrogen-bond acceptors (Lipinski definition) is 5. The summed E-state index contributed by atoms with van der Waals surface area (Å²) in [5.41, 5.74) is 2.17. The molecule has 128 valence electrons. The maximum Gasteiger partial charge on any atom is 0.322 e. The van der Waals surface area contributed by atoms with Crippen molar-refractivity contribution in [3.05, 3.63) is 47.2 Å². The zero-order valence-electron chi connectivity index (χ0n) is 13.9. The molecule has 2 amide bonds. The van der Waals surface area contributed by atoms with Crippen molar-refractivity contribution < 1.29 is 9.53 Å². The van der Waals surface area contributed by atoms with E-state index in [-0.39, 0.29) is 11.4 Å². The Morgan fingerprint density at radius 1 is 1.48 bits per heavy atom. The van der Waals surface area contributed by atoms with E-state index in [4.69, 9.17) is 4.74 Å². The number of amides is 2. The Morgan fingerprint density at radius 3 is 3.04 bits per heavy atom. The van der Waals surface area contributed by atoms with E-state index in [0.717, 1.165) is 11.5 Å². The van der Waals surface area contributed by atoms with Gasteiger partial charge in [0.25, 0.3) is 0 Å². The zero-order valence-corrected chi connectivity index (χ0v) is 14.7. The van der Waals surface area contributed by atoms with E-state index >= 15 is 0 Å². The average molecular weight is 354 g/mol. The number of carbonyl (C=O) groups excluding carboxylic acids is 1. The van der Waals surface area contributed by atoms with Gasteiger partial charge in [-0.3, -0.25) is 5.32 Å². The Hall–Kier alpha value is -2.43. The number of nitrogens with zero attached hydrogens (tertiary/aromatic N) is 3. The lowest BCUT2D eigenvalue weighted by Gasteiger charge is -2.27. The van der Waals surface area contributed by atoms with Crippen LogP contribution in [0.25, 0.3) is 0 Å². The molecule has 0 radical (unpaired) electrons. The number of ether oxygens (including phenoxy) is 1. The number of nitrogens with one attached hydrogen (secondary N) is 1. The Bertz CT molecular complexity index is 845. The van der Waals surface area contributed by atoms with Crippen molar-refractivity contribution in [1.82, 2.24) is 9.27 Å². The van der Waals surface area contributed by atoms with Gasteiger partial charge in [0.2, 0.25) is 0 Å². The summed E-state index contributed by atoms with van der Waals surface area (Å²) in [4.78, 5) is 14.6. The second kappa shape index (κ2) is 6.14. The van der Waals surface area contributed by atoms with Crippen molar-refractivity contribution in [2.45, 2.75) is 12.3 Å². The summed E-state index contributed by atoms with van der Waals surface area (Å²) in [7, 11) is 0. The van der Waals surface area contributed by atoms with Crippen LogP contribution in [0.15, 0.2) is 30.3 Å². The summed E-state index contributed by atoms with van der Waals surface area (Å²) >= 11 is 1.15. The monoisotopic (exact) mass is 354 g/mol. The van der Waals surface area contributed by atoms with Crippen molar-refractivity contribution in [3.8, 4) is 6.07 Å². The minimum Gasteiger partial charge on any atom is -0.380 e. The van der Waals surface area contributed by atoms with Crippen molar-refractivity contribution >= 4 is 22.6 Å². The van der Waals surface area contributed by atoms with E-state index in [1.54, 1.807) is 6.92 Å². The highest BCUT2D eigenvalue weighted by Gasteiger charge is 2.52. The number of urea groups is 1. The molecule has 3 heterocycles. The number of likely N-dealkylation sites (tertiary alicyclic amines) is 1. The molecule has 0 saturated carbocycles. The van der Waals surface area contributed by atoms with Crippen LogP contribution >= 0.6 is 11.5 Å². The molecular formula is C18H18N4O2S. The second-order valence-corrected chi connectivity index (χ2v) is 7.40. The predicted octanol–water partition coefficient (Wildman–Crippen LogP) is 2.76. The number of benzene rings is 1. The topological polar surface area (TPSA) is 78.2 Å². The fourth-order valence-corrected chi connectivity index (χ4v) is 4.57. The highest BCUT2D eigenvalue weighted by Crippen LogP contribution is 2.44. The van der Waals surface area contributed by atoms with Crippen molar-refractivity contribution in [2.75, 3.05) is 31.6 Å². The van der Waals surface area contributed by atoms with Crippen molar-refractivity contribution in [3.63, 3.8) is 0 Å². The summed E-state index contributed by atoms with van der Waals surface area (Å²) in [5, 5.41) is 12.6. The fraction of sp³-hybridized carbons (Fsp3) is 0.389. The first kappa shape index (κ1) is 16.1. The third-order valence-electron chi connectivity index (χ3n) is 5.20. The Balaban J connectivity index is 1.55. The van der Waals surface area contributed by atoms with Gasteiger partial charge < -0.3 is 9.64 Å². The Morgan fingerprint density at radius 2 is 2.28 bits per heavy atom. The quantitative estimate of drug-likeness (QED) is 0.899. The fourth-order valence-electron chi connectivity index (χ4n) is 3.83. The van der Waals surface area contributed by atoms with E-state index < -0.39 is 0 Å². The summed E-state index contributed by atoms with van der Waals surface area (Å²) in [6, 6.07) is 12.2. The molecule has 4 rings (SSSR count). The zero-order chi connectivity index (χ0) is 17.4. The minimum atomic E-state index is -0.176. The molecule has 2 aromatic rings. The molecule has 1 N–H and O–H groups in total. The molecule has 0 bridgehead atoms. The molecule has 7 heteroatoms. The van der Waals surface area contributed by atoms with Crippen LogP contribution in [0.2, 0.25) is 0 Å². The second-order valence-electron chi connectivity index (χ2n) is 6.63. The third-order valence-corrected chi connectivity index (χ3v) is 6.06. The molecule has 6 nitrogen and oxygen atoms in total. The lowest BCUT2D eigenvalue weighted by molar-refractivity contribution is 0.152. The molecule has 0 unspecified atom stereocenters. The standard InChI is InChI=1S/C18H18N4O2S/c1-12-15(7-19)16(25-21-12)20-17(23)22-8-14-9-24-11-18(14,10-22)13-5-3-2-4-6-13/h2-6,14H,8-11H2,1H3,(H,20,23)/t14-,18+/m1/s1. The van der Waals surface area contributed by atoms with Crippen molar-refractivity contribution in [2.24, 2.45) is 5.92 Å². The van der Waals surface area contributed by atoms with Crippen LogP contribution in [0.5, 0.6) is 0 Å². The van der Waals surface area contributed by atoms with Gasteiger partial charge in [-0.15, -0.1) is 0 Å². The predicted molar refractivity (Wildman–Crippen MR) is 94.6 cm³/mol. The van der Waals surface area contributed by atoms with E-state index in [0.29, 0.717) is 48.5 Å². The molecule has 2 saturated heterocycles. The van der Waals surface area contributed by atoms with Crippen LogP contribution in [0, 0.1) is 24.2 Å². The van der Waals surface area contributed by atoms with Gasteiger partial charge >= 0.3 is 6.03 Å². The highest BCUT2D eigenvalue weighted by molar-refractivity contribution is 7.10. The maximum atomic E-state index is 12.7. The molecule has 25 heavy (non-hydrogen) atoms. The lowest BCUT2D eigenvalue weighted by atomic mass is 9.75. The largest absolute Gasteiger partial charge is 0.380 e. The van der Waals surface area contributed by atoms with Gasteiger partial charge in [0, 0.05) is 24.4 Å². The van der Waals surface area contributed by atoms with Gasteiger partial charge in [0.1, 0.15) is 16.6 Å². The van der Waals surface area contributed by atoms with Gasteiger partial charge in [-0.05, 0) is 24.0 Å². The first-order chi connectivity index (χ1) is 12.1. The number of rotatable bonds is 2. The molecule has 2 aliphatic rings. The Kier molecular flexibility index (Phi) is 3.94. The van der Waals surface area contributed by atoms with Crippen LogP contribution in [0.4, 0.5) is 9.80 Å². The van der Waals surface area contributed by atoms with E-state index in [1.807, 2.05) is 23.1 Å². The summed E-state index contributed by atoms with van der Waals surface area (Å²) in [6.45, 7) is 4.34.